The van der Waals surface area contributed by atoms with E-state index in [0.717, 1.165) is 10.3 Å². The molecule has 0 amide bonds. The number of nitrogens with one attached hydrogen (secondary N) is 1. The van der Waals surface area contributed by atoms with E-state index in [1.807, 2.05) is 0 Å². The zero-order valence-corrected chi connectivity index (χ0v) is 13.6. The van der Waals surface area contributed by atoms with Crippen molar-refractivity contribution in [1.82, 2.24) is 14.5 Å². The minimum atomic E-state index is -0.261. The molecule has 0 radical (unpaired) electrons. The van der Waals surface area contributed by atoms with Crippen LogP contribution in [-0.4, -0.2) is 15.2 Å². The van der Waals surface area contributed by atoms with E-state index >= 15 is 0 Å². The normalized spacial score (nSPS) is 22.7. The smallest absolute Gasteiger partial charge is 0.308 e. The maximum absolute atomic E-state index is 11.9. The van der Waals surface area contributed by atoms with Crippen LogP contribution in [0.1, 0.15) is 45.2 Å². The Balaban J connectivity index is 2.12. The summed E-state index contributed by atoms with van der Waals surface area (Å²) in [7, 11) is 3.23. The van der Waals surface area contributed by atoms with Gasteiger partial charge in [-0.3, -0.25) is 13.9 Å². The molecule has 1 aromatic heterocycles. The molecule has 5 nitrogen and oxygen atoms in total. The van der Waals surface area contributed by atoms with E-state index in [0.29, 0.717) is 24.4 Å². The zero-order chi connectivity index (χ0) is 15.6. The standard InChI is InChI=1S/C16H27N3O2/c1-11(2)13-7-5-6-8-14(13)17-10-12-9-15(20)19(4)16(21)18(12)3/h9,11,13-14,17H,5-8,10H2,1-4H3. The van der Waals surface area contributed by atoms with E-state index < -0.39 is 0 Å². The molecule has 21 heavy (non-hydrogen) atoms. The van der Waals surface area contributed by atoms with Gasteiger partial charge in [0.1, 0.15) is 0 Å². The Morgan fingerprint density at radius 1 is 1.19 bits per heavy atom. The number of hydrogen-bond donors (Lipinski definition) is 1. The highest BCUT2D eigenvalue weighted by Crippen LogP contribution is 2.30. The first-order valence-corrected chi connectivity index (χ1v) is 7.91. The second-order valence-electron chi connectivity index (χ2n) is 6.55. The Kier molecular flexibility index (Phi) is 5.04. The third-order valence-electron chi connectivity index (χ3n) is 4.85. The van der Waals surface area contributed by atoms with Crippen molar-refractivity contribution in [2.45, 2.75) is 52.1 Å². The fourth-order valence-corrected chi connectivity index (χ4v) is 3.39. The average molecular weight is 293 g/mol. The van der Waals surface area contributed by atoms with Crippen LogP contribution in [0.3, 0.4) is 0 Å². The number of rotatable bonds is 4. The summed E-state index contributed by atoms with van der Waals surface area (Å²) in [6, 6.07) is 2.04. The molecule has 5 heteroatoms. The van der Waals surface area contributed by atoms with E-state index in [1.165, 1.54) is 32.7 Å². The van der Waals surface area contributed by atoms with Gasteiger partial charge in [-0.1, -0.05) is 26.7 Å². The van der Waals surface area contributed by atoms with Crippen molar-refractivity contribution >= 4 is 0 Å². The van der Waals surface area contributed by atoms with Gasteiger partial charge in [0.25, 0.3) is 5.56 Å². The lowest BCUT2D eigenvalue weighted by Crippen LogP contribution is -2.43. The highest BCUT2D eigenvalue weighted by atomic mass is 16.2. The number of hydrogen-bond acceptors (Lipinski definition) is 3. The first-order valence-electron chi connectivity index (χ1n) is 7.91. The molecule has 1 fully saturated rings. The van der Waals surface area contributed by atoms with E-state index in [9.17, 15) is 9.59 Å². The molecule has 0 spiro atoms. The van der Waals surface area contributed by atoms with Crippen LogP contribution in [0.5, 0.6) is 0 Å². The molecular weight excluding hydrogens is 266 g/mol. The van der Waals surface area contributed by atoms with Gasteiger partial charge in [0, 0.05) is 38.4 Å². The highest BCUT2D eigenvalue weighted by molar-refractivity contribution is 5.02. The fraction of sp³-hybridized carbons (Fsp3) is 0.750. The minimum Gasteiger partial charge on any atom is -0.308 e. The van der Waals surface area contributed by atoms with Gasteiger partial charge in [0.15, 0.2) is 0 Å². The van der Waals surface area contributed by atoms with Crippen molar-refractivity contribution in [2.24, 2.45) is 25.9 Å². The van der Waals surface area contributed by atoms with Crippen molar-refractivity contribution < 1.29 is 0 Å². The van der Waals surface area contributed by atoms with Gasteiger partial charge >= 0.3 is 5.69 Å². The summed E-state index contributed by atoms with van der Waals surface area (Å²) in [6.07, 6.45) is 5.02. The predicted octanol–water partition coefficient (Wildman–Crippen LogP) is 1.39. The first kappa shape index (κ1) is 16.0. The largest absolute Gasteiger partial charge is 0.330 e. The second-order valence-corrected chi connectivity index (χ2v) is 6.55. The van der Waals surface area contributed by atoms with Crippen molar-refractivity contribution in [3.63, 3.8) is 0 Å². The molecule has 2 atom stereocenters. The second kappa shape index (κ2) is 6.60. The van der Waals surface area contributed by atoms with Crippen molar-refractivity contribution in [3.8, 4) is 0 Å². The summed E-state index contributed by atoms with van der Waals surface area (Å²) in [5, 5.41) is 3.58. The Morgan fingerprint density at radius 2 is 1.86 bits per heavy atom. The molecule has 1 N–H and O–H groups in total. The molecule has 1 saturated carbocycles. The summed E-state index contributed by atoms with van der Waals surface area (Å²) in [4.78, 5) is 23.7. The maximum Gasteiger partial charge on any atom is 0.330 e. The average Bonchev–Trinajstić information content (AvgIpc) is 2.47. The molecule has 1 aliphatic rings. The molecule has 0 aromatic carbocycles. The van der Waals surface area contributed by atoms with Crippen LogP contribution in [-0.2, 0) is 20.6 Å². The van der Waals surface area contributed by atoms with Gasteiger partial charge in [-0.2, -0.15) is 0 Å². The number of aromatic nitrogens is 2. The molecule has 0 bridgehead atoms. The van der Waals surface area contributed by atoms with Gasteiger partial charge in [0.2, 0.25) is 0 Å². The van der Waals surface area contributed by atoms with Gasteiger partial charge < -0.3 is 5.32 Å². The van der Waals surface area contributed by atoms with Gasteiger partial charge in [-0.15, -0.1) is 0 Å². The summed E-state index contributed by atoms with van der Waals surface area (Å²) >= 11 is 0. The molecule has 118 valence electrons. The number of nitrogens with zero attached hydrogens (tertiary/aromatic N) is 2. The molecule has 0 aliphatic heterocycles. The molecule has 2 rings (SSSR count). The Labute approximate surface area is 126 Å². The Hall–Kier alpha value is -1.36. The van der Waals surface area contributed by atoms with Crippen LogP contribution in [0.4, 0.5) is 0 Å². The van der Waals surface area contributed by atoms with E-state index in [-0.39, 0.29) is 11.2 Å². The predicted molar refractivity (Wildman–Crippen MR) is 84.3 cm³/mol. The molecule has 1 heterocycles. The lowest BCUT2D eigenvalue weighted by Gasteiger charge is -2.35. The summed E-state index contributed by atoms with van der Waals surface area (Å²) in [5.41, 5.74) is 0.262. The van der Waals surface area contributed by atoms with Crippen LogP contribution in [0.2, 0.25) is 0 Å². The molecular formula is C16H27N3O2. The Bertz CT molecular complexity index is 601. The maximum atomic E-state index is 11.9. The van der Waals surface area contributed by atoms with Crippen LogP contribution < -0.4 is 16.6 Å². The van der Waals surface area contributed by atoms with Crippen molar-refractivity contribution in [3.05, 3.63) is 32.6 Å². The molecule has 1 aliphatic carbocycles. The van der Waals surface area contributed by atoms with Crippen LogP contribution in [0.25, 0.3) is 0 Å². The van der Waals surface area contributed by atoms with Gasteiger partial charge in [-0.25, -0.2) is 4.79 Å². The van der Waals surface area contributed by atoms with Crippen LogP contribution in [0.15, 0.2) is 15.7 Å². The van der Waals surface area contributed by atoms with Crippen molar-refractivity contribution in [1.29, 1.82) is 0 Å². The topological polar surface area (TPSA) is 56.0 Å². The highest BCUT2D eigenvalue weighted by Gasteiger charge is 2.27. The SMILES string of the molecule is CC(C)C1CCCCC1NCc1cc(=O)n(C)c(=O)n1C. The third kappa shape index (κ3) is 3.46. The molecule has 2 unspecified atom stereocenters. The summed E-state index contributed by atoms with van der Waals surface area (Å²) < 4.78 is 2.70. The van der Waals surface area contributed by atoms with Crippen LogP contribution >= 0.6 is 0 Å². The monoisotopic (exact) mass is 293 g/mol. The summed E-state index contributed by atoms with van der Waals surface area (Å²) in [5.74, 6) is 1.34. The Morgan fingerprint density at radius 3 is 2.52 bits per heavy atom. The van der Waals surface area contributed by atoms with E-state index in [2.05, 4.69) is 19.2 Å². The summed E-state index contributed by atoms with van der Waals surface area (Å²) in [6.45, 7) is 5.13. The molecule has 1 aromatic rings. The lowest BCUT2D eigenvalue weighted by atomic mass is 9.78. The minimum absolute atomic E-state index is 0.237. The van der Waals surface area contributed by atoms with Crippen molar-refractivity contribution in [2.75, 3.05) is 0 Å². The zero-order valence-electron chi connectivity index (χ0n) is 13.6. The third-order valence-corrected chi connectivity index (χ3v) is 4.85. The van der Waals surface area contributed by atoms with Gasteiger partial charge in [-0.05, 0) is 24.7 Å². The molecule has 0 saturated heterocycles. The quantitative estimate of drug-likeness (QED) is 0.912. The van der Waals surface area contributed by atoms with Crippen LogP contribution in [0, 0.1) is 11.8 Å². The fourth-order valence-electron chi connectivity index (χ4n) is 3.39. The van der Waals surface area contributed by atoms with Gasteiger partial charge in [0.05, 0.1) is 0 Å². The van der Waals surface area contributed by atoms with E-state index in [4.69, 9.17) is 0 Å². The first-order chi connectivity index (χ1) is 9.91. The van der Waals surface area contributed by atoms with E-state index in [1.54, 1.807) is 17.7 Å². The lowest BCUT2D eigenvalue weighted by molar-refractivity contribution is 0.203.